The first-order chi connectivity index (χ1) is 13.6. The molecule has 0 radical (unpaired) electrons. The van der Waals surface area contributed by atoms with Crippen LogP contribution in [-0.4, -0.2) is 27.0 Å². The number of nitrogens with zero attached hydrogens (tertiary/aromatic N) is 3. The van der Waals surface area contributed by atoms with Crippen LogP contribution in [-0.2, 0) is 4.79 Å². The number of amidine groups is 1. The molecule has 28 heavy (non-hydrogen) atoms. The van der Waals surface area contributed by atoms with Crippen LogP contribution in [0.2, 0.25) is 5.02 Å². The molecule has 1 saturated carbocycles. The first-order valence-electron chi connectivity index (χ1n) is 9.60. The number of thioether (sulfide) groups is 1. The van der Waals surface area contributed by atoms with Gasteiger partial charge in [-0.3, -0.25) is 14.7 Å². The maximum Gasteiger partial charge on any atom is 0.267 e. The lowest BCUT2D eigenvalue weighted by atomic mass is 9.94. The Morgan fingerprint density at radius 3 is 2.75 bits per heavy atom. The predicted octanol–water partition coefficient (Wildman–Crippen LogP) is 5.98. The van der Waals surface area contributed by atoms with Crippen molar-refractivity contribution in [2.24, 2.45) is 4.99 Å². The van der Waals surface area contributed by atoms with Crippen molar-refractivity contribution < 1.29 is 4.79 Å². The summed E-state index contributed by atoms with van der Waals surface area (Å²) in [4.78, 5) is 24.7. The van der Waals surface area contributed by atoms with Crippen molar-refractivity contribution in [3.63, 3.8) is 0 Å². The predicted molar refractivity (Wildman–Crippen MR) is 117 cm³/mol. The standard InChI is InChI=1S/C22H22ClN3OS/c1-15-7-5-6-8-16(15)13-20-21(27)26(17-9-3-2-4-10-17)22(28-20)25-19-11-12-24-14-18(19)23/h5-8,11-14,17H,2-4,9-10H2,1H3/b20-13-,25-22?. The number of halogens is 1. The molecule has 1 aliphatic carbocycles. The molecule has 4 nitrogen and oxygen atoms in total. The third-order valence-corrected chi connectivity index (χ3v) is 6.49. The van der Waals surface area contributed by atoms with E-state index in [1.807, 2.05) is 29.2 Å². The first kappa shape index (κ1) is 19.2. The van der Waals surface area contributed by atoms with Gasteiger partial charge in [0, 0.05) is 18.4 Å². The third kappa shape index (κ3) is 4.01. The summed E-state index contributed by atoms with van der Waals surface area (Å²) in [6.45, 7) is 2.06. The summed E-state index contributed by atoms with van der Waals surface area (Å²) in [5, 5.41) is 1.20. The van der Waals surface area contributed by atoms with Gasteiger partial charge in [0.15, 0.2) is 5.17 Å². The normalized spacial score (nSPS) is 21.1. The highest BCUT2D eigenvalue weighted by Crippen LogP contribution is 2.39. The fraction of sp³-hybridized carbons (Fsp3) is 0.318. The summed E-state index contributed by atoms with van der Waals surface area (Å²) in [7, 11) is 0. The molecule has 2 aliphatic rings. The van der Waals surface area contributed by atoms with Crippen molar-refractivity contribution in [2.45, 2.75) is 45.1 Å². The van der Waals surface area contributed by atoms with E-state index in [9.17, 15) is 4.79 Å². The largest absolute Gasteiger partial charge is 0.283 e. The lowest BCUT2D eigenvalue weighted by Crippen LogP contribution is -2.40. The fourth-order valence-corrected chi connectivity index (χ4v) is 4.88. The molecule has 2 aromatic rings. The molecule has 1 aromatic heterocycles. The number of aliphatic imine (C=N–C) groups is 1. The number of rotatable bonds is 3. The molecule has 0 atom stereocenters. The molecule has 0 bridgehead atoms. The van der Waals surface area contributed by atoms with Gasteiger partial charge in [-0.2, -0.15) is 0 Å². The van der Waals surface area contributed by atoms with Crippen molar-refractivity contribution in [1.29, 1.82) is 0 Å². The topological polar surface area (TPSA) is 45.6 Å². The number of aromatic nitrogens is 1. The molecule has 144 valence electrons. The van der Waals surface area contributed by atoms with Gasteiger partial charge < -0.3 is 0 Å². The Morgan fingerprint density at radius 2 is 2.00 bits per heavy atom. The van der Waals surface area contributed by atoms with Crippen LogP contribution in [0.3, 0.4) is 0 Å². The fourth-order valence-electron chi connectivity index (χ4n) is 3.68. The molecule has 1 saturated heterocycles. The van der Waals surface area contributed by atoms with Gasteiger partial charge in [0.2, 0.25) is 0 Å². The number of amides is 1. The molecule has 0 spiro atoms. The first-order valence-corrected chi connectivity index (χ1v) is 10.8. The molecule has 0 N–H and O–H groups in total. The Kier molecular flexibility index (Phi) is 5.83. The van der Waals surface area contributed by atoms with E-state index in [1.54, 1.807) is 18.5 Å². The molecule has 1 aromatic carbocycles. The van der Waals surface area contributed by atoms with E-state index in [4.69, 9.17) is 16.6 Å². The van der Waals surface area contributed by atoms with Crippen molar-refractivity contribution in [3.8, 4) is 0 Å². The van der Waals surface area contributed by atoms with E-state index in [1.165, 1.54) is 18.2 Å². The number of aryl methyl sites for hydroxylation is 1. The molecular formula is C22H22ClN3OS. The van der Waals surface area contributed by atoms with Crippen molar-refractivity contribution in [1.82, 2.24) is 9.88 Å². The number of hydrogen-bond donors (Lipinski definition) is 0. The van der Waals surface area contributed by atoms with E-state index in [2.05, 4.69) is 18.0 Å². The molecule has 2 fully saturated rings. The average molecular weight is 412 g/mol. The molecule has 1 amide bonds. The lowest BCUT2D eigenvalue weighted by molar-refractivity contribution is -0.124. The smallest absolute Gasteiger partial charge is 0.267 e. The molecule has 1 aliphatic heterocycles. The third-order valence-electron chi connectivity index (χ3n) is 5.22. The van der Waals surface area contributed by atoms with Crippen molar-refractivity contribution >= 4 is 46.2 Å². The van der Waals surface area contributed by atoms with Gasteiger partial charge in [0.1, 0.15) is 0 Å². The second kappa shape index (κ2) is 8.50. The van der Waals surface area contributed by atoms with Crippen LogP contribution in [0.1, 0.15) is 43.2 Å². The number of pyridine rings is 1. The Morgan fingerprint density at radius 1 is 1.21 bits per heavy atom. The van der Waals surface area contributed by atoms with Crippen LogP contribution in [0.15, 0.2) is 52.6 Å². The van der Waals surface area contributed by atoms with Gasteiger partial charge in [-0.05, 0) is 54.8 Å². The van der Waals surface area contributed by atoms with Crippen LogP contribution in [0.5, 0.6) is 0 Å². The second-order valence-corrected chi connectivity index (χ2v) is 8.57. The highest BCUT2D eigenvalue weighted by Gasteiger charge is 2.38. The van der Waals surface area contributed by atoms with Gasteiger partial charge in [0.25, 0.3) is 5.91 Å². The molecule has 2 heterocycles. The van der Waals surface area contributed by atoms with Crippen LogP contribution in [0, 0.1) is 6.92 Å². The SMILES string of the molecule is Cc1ccccc1/C=C1\SC(=Nc2ccncc2Cl)N(C2CCCCC2)C1=O. The van der Waals surface area contributed by atoms with E-state index in [0.29, 0.717) is 20.8 Å². The van der Waals surface area contributed by atoms with Crippen molar-refractivity contribution in [3.05, 3.63) is 63.8 Å². The zero-order chi connectivity index (χ0) is 19.5. The zero-order valence-electron chi connectivity index (χ0n) is 15.8. The van der Waals surface area contributed by atoms with Gasteiger partial charge in [-0.25, -0.2) is 4.99 Å². The van der Waals surface area contributed by atoms with E-state index >= 15 is 0 Å². The minimum absolute atomic E-state index is 0.0454. The molecule has 4 rings (SSSR count). The van der Waals surface area contributed by atoms with E-state index in [0.717, 1.165) is 36.8 Å². The quantitative estimate of drug-likeness (QED) is 0.583. The minimum atomic E-state index is 0.0454. The van der Waals surface area contributed by atoms with Crippen molar-refractivity contribution in [2.75, 3.05) is 0 Å². The van der Waals surface area contributed by atoms with E-state index < -0.39 is 0 Å². The van der Waals surface area contributed by atoms with E-state index in [-0.39, 0.29) is 11.9 Å². The number of benzene rings is 1. The monoisotopic (exact) mass is 411 g/mol. The molecule has 0 unspecified atom stereocenters. The highest BCUT2D eigenvalue weighted by atomic mass is 35.5. The Balaban J connectivity index is 1.73. The van der Waals surface area contributed by atoms with Gasteiger partial charge in [0.05, 0.1) is 15.6 Å². The van der Waals surface area contributed by atoms with Crippen LogP contribution >= 0.6 is 23.4 Å². The van der Waals surface area contributed by atoms with Gasteiger partial charge in [-0.15, -0.1) is 0 Å². The summed E-state index contributed by atoms with van der Waals surface area (Å²) in [6, 6.07) is 10.1. The Labute approximate surface area is 174 Å². The lowest BCUT2D eigenvalue weighted by Gasteiger charge is -2.30. The second-order valence-electron chi connectivity index (χ2n) is 7.16. The molecule has 6 heteroatoms. The zero-order valence-corrected chi connectivity index (χ0v) is 17.3. The van der Waals surface area contributed by atoms with Crippen LogP contribution < -0.4 is 0 Å². The van der Waals surface area contributed by atoms with Gasteiger partial charge >= 0.3 is 0 Å². The Bertz CT molecular complexity index is 950. The maximum absolute atomic E-state index is 13.3. The van der Waals surface area contributed by atoms with Crippen LogP contribution in [0.4, 0.5) is 5.69 Å². The summed E-state index contributed by atoms with van der Waals surface area (Å²) in [5.41, 5.74) is 2.85. The summed E-state index contributed by atoms with van der Waals surface area (Å²) in [5.74, 6) is 0.0454. The minimum Gasteiger partial charge on any atom is -0.283 e. The number of hydrogen-bond acceptors (Lipinski definition) is 4. The average Bonchev–Trinajstić information content (AvgIpc) is 3.01. The highest BCUT2D eigenvalue weighted by molar-refractivity contribution is 8.18. The Hall–Kier alpha value is -2.11. The number of carbonyl (C=O) groups is 1. The maximum atomic E-state index is 13.3. The summed E-state index contributed by atoms with van der Waals surface area (Å²) in [6.07, 6.45) is 10.8. The van der Waals surface area contributed by atoms with Crippen LogP contribution in [0.25, 0.3) is 6.08 Å². The molecular weight excluding hydrogens is 390 g/mol. The number of carbonyl (C=O) groups excluding carboxylic acids is 1. The summed E-state index contributed by atoms with van der Waals surface area (Å²) >= 11 is 7.70. The van der Waals surface area contributed by atoms with Gasteiger partial charge in [-0.1, -0.05) is 55.1 Å². The summed E-state index contributed by atoms with van der Waals surface area (Å²) < 4.78 is 0.